The Morgan fingerprint density at radius 3 is 1.00 bits per heavy atom. The van der Waals surface area contributed by atoms with Gasteiger partial charge < -0.3 is 14.2 Å². The molecule has 0 saturated heterocycles. The number of carbonyl (C=O) groups is 2. The molecule has 1 unspecified atom stereocenters. The third-order valence-corrected chi connectivity index (χ3v) is 13.3. The van der Waals surface area contributed by atoms with E-state index in [-0.39, 0.29) is 25.2 Å². The molecule has 5 heteroatoms. The molecule has 68 heavy (non-hydrogen) atoms. The zero-order valence-corrected chi connectivity index (χ0v) is 45.9. The molecule has 0 fully saturated rings. The maximum Gasteiger partial charge on any atom is 0.306 e. The normalized spacial score (nSPS) is 12.5. The fraction of sp³-hybridized carbons (Fsp3) is 0.841. The number of allylic oxidation sites excluding steroid dienone is 8. The molecule has 398 valence electrons. The van der Waals surface area contributed by atoms with E-state index in [1.807, 2.05) is 0 Å². The highest BCUT2D eigenvalue weighted by Crippen LogP contribution is 2.16. The number of unbranched alkanes of at least 4 members (excludes halogenated alkanes) is 37. The second-order valence-electron chi connectivity index (χ2n) is 20.3. The van der Waals surface area contributed by atoms with Crippen molar-refractivity contribution in [3.05, 3.63) is 48.6 Å². The molecule has 0 saturated carbocycles. The molecular weight excluding hydrogens is 837 g/mol. The van der Waals surface area contributed by atoms with Crippen LogP contribution in [-0.4, -0.2) is 37.9 Å². The van der Waals surface area contributed by atoms with E-state index in [2.05, 4.69) is 69.4 Å². The molecule has 0 heterocycles. The molecule has 0 amide bonds. The van der Waals surface area contributed by atoms with Crippen LogP contribution in [0.4, 0.5) is 0 Å². The topological polar surface area (TPSA) is 61.8 Å². The van der Waals surface area contributed by atoms with Crippen LogP contribution in [0, 0.1) is 0 Å². The summed E-state index contributed by atoms with van der Waals surface area (Å²) in [7, 11) is 0. The van der Waals surface area contributed by atoms with E-state index in [0.717, 1.165) is 64.2 Å². The van der Waals surface area contributed by atoms with E-state index in [9.17, 15) is 9.59 Å². The standard InChI is InChI=1S/C63H116O5/c1-4-7-10-13-16-19-22-25-28-30-32-33-36-38-41-44-47-50-53-56-62(64)67-60-61(68-63(65)57-54-51-48-45-42-39-35-27-24-21-18-15-12-9-6-3)59-66-58-55-52-49-46-43-40-37-34-31-29-26-23-20-17-14-11-8-5-2/h17-18,20-21,26-27,29,35,61H,4-16,19,22-25,28,30-34,36-60H2,1-3H3/b20-17-,21-18-,29-26-,35-27-. The second-order valence-corrected chi connectivity index (χ2v) is 20.3. The summed E-state index contributed by atoms with van der Waals surface area (Å²) < 4.78 is 17.5. The third-order valence-electron chi connectivity index (χ3n) is 13.3. The first-order valence-corrected chi connectivity index (χ1v) is 30.2. The lowest BCUT2D eigenvalue weighted by Crippen LogP contribution is -2.30. The summed E-state index contributed by atoms with van der Waals surface area (Å²) in [6.07, 6.45) is 74.2. The van der Waals surface area contributed by atoms with E-state index in [0.29, 0.717) is 19.4 Å². The Balaban J connectivity index is 4.25. The van der Waals surface area contributed by atoms with Crippen LogP contribution in [0.2, 0.25) is 0 Å². The molecule has 0 radical (unpaired) electrons. The molecule has 5 nitrogen and oxygen atoms in total. The summed E-state index contributed by atoms with van der Waals surface area (Å²) in [4.78, 5) is 25.5. The summed E-state index contributed by atoms with van der Waals surface area (Å²) >= 11 is 0. The van der Waals surface area contributed by atoms with Crippen LogP contribution in [0.25, 0.3) is 0 Å². The lowest BCUT2D eigenvalue weighted by atomic mass is 10.0. The van der Waals surface area contributed by atoms with Crippen molar-refractivity contribution in [3.63, 3.8) is 0 Å². The number of ether oxygens (including phenoxy) is 3. The molecule has 0 bridgehead atoms. The van der Waals surface area contributed by atoms with Gasteiger partial charge in [0.05, 0.1) is 6.61 Å². The molecule has 0 N–H and O–H groups in total. The summed E-state index contributed by atoms with van der Waals surface area (Å²) in [5.41, 5.74) is 0. The van der Waals surface area contributed by atoms with E-state index < -0.39 is 6.10 Å². The average molecular weight is 954 g/mol. The van der Waals surface area contributed by atoms with E-state index in [1.54, 1.807) is 0 Å². The fourth-order valence-electron chi connectivity index (χ4n) is 8.81. The molecular formula is C63H116O5. The minimum atomic E-state index is -0.545. The smallest absolute Gasteiger partial charge is 0.306 e. The molecule has 0 spiro atoms. The Morgan fingerprint density at radius 2 is 0.618 bits per heavy atom. The van der Waals surface area contributed by atoms with Crippen LogP contribution in [0.15, 0.2) is 48.6 Å². The molecule has 0 aliphatic rings. The maximum atomic E-state index is 12.9. The minimum Gasteiger partial charge on any atom is -0.462 e. The van der Waals surface area contributed by atoms with Crippen LogP contribution in [-0.2, 0) is 23.8 Å². The van der Waals surface area contributed by atoms with Crippen molar-refractivity contribution in [3.8, 4) is 0 Å². The monoisotopic (exact) mass is 953 g/mol. The van der Waals surface area contributed by atoms with Crippen LogP contribution in [0.3, 0.4) is 0 Å². The van der Waals surface area contributed by atoms with E-state index in [1.165, 1.54) is 218 Å². The second kappa shape index (κ2) is 59.2. The van der Waals surface area contributed by atoms with Crippen LogP contribution in [0.5, 0.6) is 0 Å². The van der Waals surface area contributed by atoms with Gasteiger partial charge in [-0.25, -0.2) is 0 Å². The molecule has 0 aliphatic carbocycles. The summed E-state index contributed by atoms with van der Waals surface area (Å²) in [6.45, 7) is 7.81. The number of rotatable bonds is 56. The predicted molar refractivity (Wildman–Crippen MR) is 298 cm³/mol. The first kappa shape index (κ1) is 65.9. The summed E-state index contributed by atoms with van der Waals surface area (Å²) in [5, 5.41) is 0. The number of hydrogen-bond acceptors (Lipinski definition) is 5. The Morgan fingerprint density at radius 1 is 0.324 bits per heavy atom. The van der Waals surface area contributed by atoms with Gasteiger partial charge in [-0.2, -0.15) is 0 Å². The molecule has 1 atom stereocenters. The highest BCUT2D eigenvalue weighted by Gasteiger charge is 2.17. The van der Waals surface area contributed by atoms with Gasteiger partial charge in [0.1, 0.15) is 6.61 Å². The van der Waals surface area contributed by atoms with E-state index >= 15 is 0 Å². The minimum absolute atomic E-state index is 0.0812. The SMILES string of the molecule is CCCCC/C=C\C/C=C\CCCCCCCCCCOCC(COC(=O)CCCCCCCCCCCCCCCCCCCCC)OC(=O)CCCCCCC/C=C\C/C=C\CCCCC. The fourth-order valence-corrected chi connectivity index (χ4v) is 8.81. The van der Waals surface area contributed by atoms with Gasteiger partial charge in [0.15, 0.2) is 6.10 Å². The molecule has 0 aromatic heterocycles. The number of esters is 2. The van der Waals surface area contributed by atoms with Crippen LogP contribution < -0.4 is 0 Å². The van der Waals surface area contributed by atoms with Crippen LogP contribution in [0.1, 0.15) is 316 Å². The third kappa shape index (κ3) is 56.4. The molecule has 0 rings (SSSR count). The van der Waals surface area contributed by atoms with Gasteiger partial charge in [0.25, 0.3) is 0 Å². The molecule has 0 aromatic rings. The zero-order valence-electron chi connectivity index (χ0n) is 45.9. The highest BCUT2D eigenvalue weighted by atomic mass is 16.6. The largest absolute Gasteiger partial charge is 0.462 e. The zero-order chi connectivity index (χ0) is 49.2. The van der Waals surface area contributed by atoms with Crippen molar-refractivity contribution in [1.29, 1.82) is 0 Å². The average Bonchev–Trinajstić information content (AvgIpc) is 3.34. The van der Waals surface area contributed by atoms with Gasteiger partial charge in [0, 0.05) is 19.4 Å². The number of carbonyl (C=O) groups excluding carboxylic acids is 2. The van der Waals surface area contributed by atoms with Crippen molar-refractivity contribution in [2.24, 2.45) is 0 Å². The van der Waals surface area contributed by atoms with Gasteiger partial charge in [0.2, 0.25) is 0 Å². The summed E-state index contributed by atoms with van der Waals surface area (Å²) in [6, 6.07) is 0. The Kier molecular flexibility index (Phi) is 57.3. The Bertz CT molecular complexity index is 1120. The lowest BCUT2D eigenvalue weighted by molar-refractivity contribution is -0.163. The van der Waals surface area contributed by atoms with E-state index in [4.69, 9.17) is 14.2 Å². The van der Waals surface area contributed by atoms with Gasteiger partial charge in [-0.3, -0.25) is 9.59 Å². The predicted octanol–water partition coefficient (Wildman–Crippen LogP) is 20.7. The first-order valence-electron chi connectivity index (χ1n) is 30.2. The molecule has 0 aromatic carbocycles. The quantitative estimate of drug-likeness (QED) is 0.0345. The van der Waals surface area contributed by atoms with Crippen molar-refractivity contribution < 1.29 is 23.8 Å². The van der Waals surface area contributed by atoms with Gasteiger partial charge in [-0.1, -0.05) is 268 Å². The van der Waals surface area contributed by atoms with Crippen molar-refractivity contribution in [2.75, 3.05) is 19.8 Å². The van der Waals surface area contributed by atoms with Gasteiger partial charge >= 0.3 is 11.9 Å². The van der Waals surface area contributed by atoms with Crippen LogP contribution >= 0.6 is 0 Å². The van der Waals surface area contributed by atoms with Gasteiger partial charge in [-0.15, -0.1) is 0 Å². The Labute approximate surface area is 424 Å². The highest BCUT2D eigenvalue weighted by molar-refractivity contribution is 5.70. The summed E-state index contributed by atoms with van der Waals surface area (Å²) in [5.74, 6) is -0.399. The first-order chi connectivity index (χ1) is 33.6. The van der Waals surface area contributed by atoms with Crippen molar-refractivity contribution in [1.82, 2.24) is 0 Å². The lowest BCUT2D eigenvalue weighted by Gasteiger charge is -2.18. The maximum absolute atomic E-state index is 12.9. The Hall–Kier alpha value is -2.14. The van der Waals surface area contributed by atoms with Gasteiger partial charge in [-0.05, 0) is 83.5 Å². The molecule has 0 aliphatic heterocycles. The van der Waals surface area contributed by atoms with Crippen molar-refractivity contribution in [2.45, 2.75) is 322 Å². The number of hydrogen-bond donors (Lipinski definition) is 0. The van der Waals surface area contributed by atoms with Crippen molar-refractivity contribution >= 4 is 11.9 Å².